The smallest absolute Gasteiger partial charge is 0.182 e. The monoisotopic (exact) mass is 203 g/mol. The minimum absolute atomic E-state index is 0.753. The zero-order valence-corrected chi connectivity index (χ0v) is 10.4. The second-order valence-corrected chi connectivity index (χ2v) is 5.32. The van der Waals surface area contributed by atoms with Crippen LogP contribution in [0.5, 0.6) is 0 Å². The maximum absolute atomic E-state index is 3.82. The molecule has 0 saturated heterocycles. The van der Waals surface area contributed by atoms with Gasteiger partial charge in [-0.25, -0.2) is 0 Å². The third-order valence-corrected chi connectivity index (χ3v) is 3.62. The van der Waals surface area contributed by atoms with Gasteiger partial charge < -0.3 is 4.57 Å². The highest BCUT2D eigenvalue weighted by Gasteiger charge is 2.06. The maximum atomic E-state index is 3.82. The molecule has 0 aliphatic carbocycles. The van der Waals surface area contributed by atoms with Crippen LogP contribution in [0.1, 0.15) is 16.7 Å². The molecule has 0 unspecified atom stereocenters. The molecule has 0 fully saturated rings. The summed E-state index contributed by atoms with van der Waals surface area (Å²) in [6.45, 7) is 8.17. The Balaban J connectivity index is 3.10. The highest BCUT2D eigenvalue weighted by Crippen LogP contribution is 2.11. The Hall–Kier alpha value is -0.863. The Kier molecular flexibility index (Phi) is 3.67. The molecule has 1 aromatic carbocycles. The van der Waals surface area contributed by atoms with Crippen molar-refractivity contribution in [3.05, 3.63) is 35.4 Å². The van der Waals surface area contributed by atoms with Gasteiger partial charge in [0.1, 0.15) is 0 Å². The SMILES string of the molecule is C=Cc1ccc([Si]N(C)C)c(C)c1C. The van der Waals surface area contributed by atoms with Crippen molar-refractivity contribution >= 4 is 20.9 Å². The van der Waals surface area contributed by atoms with Gasteiger partial charge in [0.2, 0.25) is 0 Å². The molecule has 1 nitrogen and oxygen atoms in total. The molecule has 14 heavy (non-hydrogen) atoms. The minimum atomic E-state index is 0.753. The van der Waals surface area contributed by atoms with E-state index in [-0.39, 0.29) is 0 Å². The normalized spacial score (nSPS) is 10.6. The molecular formula is C12H17NSi. The maximum Gasteiger partial charge on any atom is 0.182 e. The fraction of sp³-hybridized carbons (Fsp3) is 0.333. The van der Waals surface area contributed by atoms with E-state index in [2.05, 4.69) is 51.2 Å². The van der Waals surface area contributed by atoms with Gasteiger partial charge in [0, 0.05) is 0 Å². The van der Waals surface area contributed by atoms with E-state index in [9.17, 15) is 0 Å². The molecule has 1 rings (SSSR count). The second-order valence-electron chi connectivity index (χ2n) is 3.66. The van der Waals surface area contributed by atoms with Crippen molar-refractivity contribution in [2.75, 3.05) is 14.1 Å². The molecule has 2 radical (unpaired) electrons. The first kappa shape index (κ1) is 11.2. The highest BCUT2D eigenvalue weighted by atomic mass is 28.2. The van der Waals surface area contributed by atoms with Crippen molar-refractivity contribution in [3.63, 3.8) is 0 Å². The lowest BCUT2D eigenvalue weighted by molar-refractivity contribution is 0.669. The molecule has 0 aliphatic heterocycles. The van der Waals surface area contributed by atoms with Gasteiger partial charge in [-0.1, -0.05) is 24.8 Å². The summed E-state index contributed by atoms with van der Waals surface area (Å²) < 4.78 is 2.22. The number of hydrogen-bond acceptors (Lipinski definition) is 1. The van der Waals surface area contributed by atoms with Crippen molar-refractivity contribution in [2.24, 2.45) is 0 Å². The number of rotatable bonds is 3. The van der Waals surface area contributed by atoms with E-state index in [1.807, 2.05) is 6.08 Å². The van der Waals surface area contributed by atoms with Crippen LogP contribution >= 0.6 is 0 Å². The average molecular weight is 203 g/mol. The van der Waals surface area contributed by atoms with Gasteiger partial charge in [-0.15, -0.1) is 0 Å². The van der Waals surface area contributed by atoms with Crippen LogP contribution in [-0.4, -0.2) is 28.3 Å². The summed E-state index contributed by atoms with van der Waals surface area (Å²) in [6, 6.07) is 4.36. The molecular weight excluding hydrogens is 186 g/mol. The van der Waals surface area contributed by atoms with Crippen LogP contribution in [0, 0.1) is 13.8 Å². The molecule has 0 aliphatic rings. The van der Waals surface area contributed by atoms with E-state index in [0.29, 0.717) is 0 Å². The van der Waals surface area contributed by atoms with Crippen molar-refractivity contribution in [1.82, 2.24) is 4.57 Å². The van der Waals surface area contributed by atoms with Gasteiger partial charge in [-0.3, -0.25) is 0 Å². The van der Waals surface area contributed by atoms with Gasteiger partial charge in [-0.2, -0.15) is 0 Å². The summed E-state index contributed by atoms with van der Waals surface area (Å²) in [5, 5.41) is 1.43. The highest BCUT2D eigenvalue weighted by molar-refractivity contribution is 6.51. The lowest BCUT2D eigenvalue weighted by Crippen LogP contribution is -2.31. The minimum Gasteiger partial charge on any atom is -0.327 e. The number of benzene rings is 1. The van der Waals surface area contributed by atoms with E-state index in [1.165, 1.54) is 21.9 Å². The van der Waals surface area contributed by atoms with Crippen LogP contribution in [0.2, 0.25) is 0 Å². The van der Waals surface area contributed by atoms with Gasteiger partial charge in [0.25, 0.3) is 0 Å². The van der Waals surface area contributed by atoms with Crippen molar-refractivity contribution < 1.29 is 0 Å². The van der Waals surface area contributed by atoms with Crippen LogP contribution in [0.3, 0.4) is 0 Å². The van der Waals surface area contributed by atoms with E-state index in [0.717, 1.165) is 9.68 Å². The van der Waals surface area contributed by atoms with Crippen LogP contribution in [-0.2, 0) is 0 Å². The lowest BCUT2D eigenvalue weighted by atomic mass is 10.0. The predicted octanol–water partition coefficient (Wildman–Crippen LogP) is 1.75. The summed E-state index contributed by atoms with van der Waals surface area (Å²) in [6.07, 6.45) is 1.92. The fourth-order valence-electron chi connectivity index (χ4n) is 1.42. The molecule has 0 aromatic heterocycles. The van der Waals surface area contributed by atoms with E-state index in [4.69, 9.17) is 0 Å². The molecule has 74 valence electrons. The van der Waals surface area contributed by atoms with Gasteiger partial charge in [0.05, 0.1) is 0 Å². The molecule has 1 aromatic rings. The molecule has 0 amide bonds. The van der Waals surface area contributed by atoms with Crippen molar-refractivity contribution in [1.29, 1.82) is 0 Å². The largest absolute Gasteiger partial charge is 0.327 e. The molecule has 0 spiro atoms. The standard InChI is InChI=1S/C12H17NSi/c1-6-11-7-8-12(14-13(4)5)10(3)9(11)2/h6-8H,1H2,2-5H3. The first-order valence-electron chi connectivity index (χ1n) is 4.73. The summed E-state index contributed by atoms with van der Waals surface area (Å²) in [4.78, 5) is 0. The van der Waals surface area contributed by atoms with Gasteiger partial charge in [0.15, 0.2) is 9.68 Å². The van der Waals surface area contributed by atoms with Crippen LogP contribution in [0.25, 0.3) is 6.08 Å². The Morgan fingerprint density at radius 1 is 1.21 bits per heavy atom. The number of hydrogen-bond donors (Lipinski definition) is 0. The Morgan fingerprint density at radius 3 is 2.36 bits per heavy atom. The summed E-state index contributed by atoms with van der Waals surface area (Å²) >= 11 is 0. The first-order valence-corrected chi connectivity index (χ1v) is 5.67. The topological polar surface area (TPSA) is 3.24 Å². The van der Waals surface area contributed by atoms with Crippen molar-refractivity contribution in [3.8, 4) is 0 Å². The molecule has 0 atom stereocenters. The van der Waals surface area contributed by atoms with E-state index < -0.39 is 0 Å². The van der Waals surface area contributed by atoms with E-state index in [1.54, 1.807) is 0 Å². The zero-order valence-electron chi connectivity index (χ0n) is 9.39. The lowest BCUT2D eigenvalue weighted by Gasteiger charge is -2.13. The van der Waals surface area contributed by atoms with Crippen LogP contribution in [0.4, 0.5) is 0 Å². The Bertz CT molecular complexity index is 342. The Labute approximate surface area is 89.3 Å². The first-order chi connectivity index (χ1) is 6.56. The van der Waals surface area contributed by atoms with Crippen LogP contribution < -0.4 is 5.19 Å². The third kappa shape index (κ3) is 2.34. The average Bonchev–Trinajstić information content (AvgIpc) is 2.13. The molecule has 2 heteroatoms. The van der Waals surface area contributed by atoms with Gasteiger partial charge in [-0.05, 0) is 49.8 Å². The van der Waals surface area contributed by atoms with Crippen LogP contribution in [0.15, 0.2) is 18.7 Å². The second kappa shape index (κ2) is 4.58. The summed E-state index contributed by atoms with van der Waals surface area (Å²) in [5.41, 5.74) is 4.00. The van der Waals surface area contributed by atoms with Gasteiger partial charge >= 0.3 is 0 Å². The third-order valence-electron chi connectivity index (χ3n) is 2.39. The quantitative estimate of drug-likeness (QED) is 0.677. The fourth-order valence-corrected chi connectivity index (χ4v) is 2.42. The zero-order chi connectivity index (χ0) is 10.7. The number of nitrogens with zero attached hydrogens (tertiary/aromatic N) is 1. The molecule has 0 bridgehead atoms. The molecule has 0 saturated carbocycles. The summed E-state index contributed by atoms with van der Waals surface area (Å²) in [7, 11) is 4.96. The van der Waals surface area contributed by atoms with Crippen molar-refractivity contribution in [2.45, 2.75) is 13.8 Å². The predicted molar refractivity (Wildman–Crippen MR) is 65.1 cm³/mol. The Morgan fingerprint density at radius 2 is 1.86 bits per heavy atom. The molecule has 0 heterocycles. The van der Waals surface area contributed by atoms with E-state index >= 15 is 0 Å². The molecule has 0 N–H and O–H groups in total. The summed E-state index contributed by atoms with van der Waals surface area (Å²) in [5.74, 6) is 0.